The van der Waals surface area contributed by atoms with E-state index in [1.807, 2.05) is 334 Å². The Bertz CT molecular complexity index is 5630. The van der Waals surface area contributed by atoms with Crippen molar-refractivity contribution in [3.63, 3.8) is 0 Å². The summed E-state index contributed by atoms with van der Waals surface area (Å²) in [5, 5.41) is 0. The molecule has 137 heavy (non-hydrogen) atoms. The third-order valence-electron chi connectivity index (χ3n) is 23.4. The average molecular weight is 1940 g/mol. The molecule has 0 amide bonds. The molecule has 5 saturated heterocycles. The van der Waals surface area contributed by atoms with Crippen LogP contribution in [0.4, 0.5) is 0 Å². The molecule has 0 radical (unpaired) electrons. The van der Waals surface area contributed by atoms with Gasteiger partial charge >= 0.3 is 31.2 Å². The van der Waals surface area contributed by atoms with E-state index in [0.717, 1.165) is 61.2 Å². The highest BCUT2D eigenvalue weighted by atomic mass is 32.3. The second-order valence-corrected chi connectivity index (χ2v) is 36.9. The van der Waals surface area contributed by atoms with Crippen molar-refractivity contribution in [1.82, 2.24) is 0 Å². The summed E-state index contributed by atoms with van der Waals surface area (Å²) in [7, 11) is -10.0. The van der Waals surface area contributed by atoms with Crippen LogP contribution in [-0.2, 0) is 209 Å². The van der Waals surface area contributed by atoms with Gasteiger partial charge in [-0.1, -0.05) is 334 Å². The van der Waals surface area contributed by atoms with Gasteiger partial charge in [-0.25, -0.2) is 25.1 Å². The van der Waals surface area contributed by atoms with Gasteiger partial charge in [0.2, 0.25) is 11.6 Å². The molecule has 16 rings (SSSR count). The molecular weight excluding hydrogens is 1820 g/mol. The fourth-order valence-corrected chi connectivity index (χ4v) is 18.4. The first-order valence-electron chi connectivity index (χ1n) is 45.3. The lowest BCUT2D eigenvalue weighted by Crippen LogP contribution is -2.66. The fourth-order valence-electron chi connectivity index (χ4n) is 15.8. The zero-order chi connectivity index (χ0) is 95.4. The summed E-state index contributed by atoms with van der Waals surface area (Å²) in [5.74, 6) is -2.61. The maximum atomic E-state index is 13.0. The van der Waals surface area contributed by atoms with E-state index in [4.69, 9.17) is 106 Å². The SMILES string of the molecule is COC1(C)OC[C@@H]([C@@H](OCc2ccccc2)[C@@H](OCc2ccccc2)[C@@H]2OS(=O)(=O)OC[C@H]2OCc2ccccc2)OC1(C)OC.O=S1(=O)OC[C@@H](OCc2ccccc2)[C@H]([C@H](OCc2ccccc2)[C@H](OCc2ccccc2)[C@H](COCc2ccccc2)OCc2ccccc2)O1.O=S1(=O)OC[C@H]2OCO[C@H]([C@H](COCc3ccccc3)OCc3ccccc3)[C@@H](OCc3ccccc3)[C@@H]2O1. The molecule has 11 aromatic rings. The largest absolute Gasteiger partial charge is 0.400 e. The summed E-state index contributed by atoms with van der Waals surface area (Å²) in [6, 6.07) is 106. The molecule has 5 aliphatic rings. The van der Waals surface area contributed by atoms with Gasteiger partial charge in [0.05, 0.1) is 112 Å². The van der Waals surface area contributed by atoms with E-state index in [2.05, 4.69) is 0 Å². The van der Waals surface area contributed by atoms with E-state index < -0.39 is 134 Å². The average Bonchev–Trinajstić information content (AvgIpc) is 1.18. The van der Waals surface area contributed by atoms with Gasteiger partial charge in [0, 0.05) is 14.2 Å². The van der Waals surface area contributed by atoms with Crippen molar-refractivity contribution in [2.45, 2.75) is 190 Å². The maximum Gasteiger partial charge on any atom is 0.400 e. The molecule has 5 fully saturated rings. The molecule has 0 saturated carbocycles. The summed E-state index contributed by atoms with van der Waals surface area (Å²) in [5.41, 5.74) is 10.2. The van der Waals surface area contributed by atoms with Gasteiger partial charge in [-0.3, -0.25) is 0 Å². The molecular formula is C105H118O29S3. The summed E-state index contributed by atoms with van der Waals surface area (Å²) >= 11 is 0. The van der Waals surface area contributed by atoms with Crippen LogP contribution in [0.15, 0.2) is 334 Å². The van der Waals surface area contributed by atoms with Gasteiger partial charge in [0.15, 0.2) is 0 Å². The number of rotatable bonds is 44. The van der Waals surface area contributed by atoms with Gasteiger partial charge < -0.3 is 80.5 Å². The van der Waals surface area contributed by atoms with Crippen LogP contribution in [0.2, 0.25) is 0 Å². The number of methoxy groups -OCH3 is 2. The van der Waals surface area contributed by atoms with Crippen molar-refractivity contribution >= 4 is 31.2 Å². The van der Waals surface area contributed by atoms with E-state index in [1.165, 1.54) is 14.2 Å². The molecule has 5 heterocycles. The Kier molecular flexibility index (Phi) is 39.6. The summed E-state index contributed by atoms with van der Waals surface area (Å²) < 4.78 is 215. The Morgan fingerprint density at radius 3 is 1.04 bits per heavy atom. The molecule has 11 aromatic carbocycles. The third-order valence-corrected chi connectivity index (χ3v) is 26.1. The Morgan fingerprint density at radius 1 is 0.314 bits per heavy atom. The van der Waals surface area contributed by atoms with E-state index in [9.17, 15) is 25.3 Å². The minimum absolute atomic E-state index is 0.0133. The topological polar surface area (TPSA) is 315 Å². The summed E-state index contributed by atoms with van der Waals surface area (Å²) in [4.78, 5) is 0. The van der Waals surface area contributed by atoms with Crippen LogP contribution in [0.1, 0.15) is 75.0 Å². The van der Waals surface area contributed by atoms with E-state index in [-0.39, 0.29) is 99.3 Å². The number of ether oxygens (including phenoxy) is 17. The van der Waals surface area contributed by atoms with Crippen LogP contribution in [0.25, 0.3) is 0 Å². The molecule has 0 aromatic heterocycles. The van der Waals surface area contributed by atoms with Crippen molar-refractivity contribution in [2.24, 2.45) is 0 Å². The van der Waals surface area contributed by atoms with Crippen molar-refractivity contribution in [1.29, 1.82) is 0 Å². The van der Waals surface area contributed by atoms with Gasteiger partial charge in [0.25, 0.3) is 0 Å². The summed E-state index contributed by atoms with van der Waals surface area (Å²) in [6.07, 6.45) is -13.5. The van der Waals surface area contributed by atoms with Crippen LogP contribution in [-0.4, -0.2) is 189 Å². The predicted molar refractivity (Wildman–Crippen MR) is 503 cm³/mol. The summed E-state index contributed by atoms with van der Waals surface area (Å²) in [6.45, 7) is 5.28. The molecule has 0 bridgehead atoms. The first-order valence-corrected chi connectivity index (χ1v) is 49.3. The molecule has 2 unspecified atom stereocenters. The highest BCUT2D eigenvalue weighted by Crippen LogP contribution is 2.41. The van der Waals surface area contributed by atoms with E-state index >= 15 is 0 Å². The van der Waals surface area contributed by atoms with Crippen LogP contribution in [0, 0.1) is 0 Å². The van der Waals surface area contributed by atoms with Gasteiger partial charge in [-0.05, 0) is 75.0 Å². The van der Waals surface area contributed by atoms with Crippen molar-refractivity contribution in [2.75, 3.05) is 60.7 Å². The van der Waals surface area contributed by atoms with Crippen LogP contribution in [0.5, 0.6) is 0 Å². The zero-order valence-corrected chi connectivity index (χ0v) is 79.2. The normalized spacial score (nSPS) is 24.1. The Hall–Kier alpha value is -9.65. The highest BCUT2D eigenvalue weighted by molar-refractivity contribution is 7.82. The van der Waals surface area contributed by atoms with Crippen molar-refractivity contribution in [3.8, 4) is 0 Å². The molecule has 17 atom stereocenters. The van der Waals surface area contributed by atoms with Gasteiger partial charge in [-0.15, -0.1) is 0 Å². The lowest BCUT2D eigenvalue weighted by molar-refractivity contribution is -0.440. The fraction of sp³-hybridized carbons (Fsp3) is 0.371. The Labute approximate surface area is 802 Å². The van der Waals surface area contributed by atoms with Crippen LogP contribution in [0.3, 0.4) is 0 Å². The zero-order valence-electron chi connectivity index (χ0n) is 76.7. The van der Waals surface area contributed by atoms with Crippen LogP contribution >= 0.6 is 0 Å². The quantitative estimate of drug-likeness (QED) is 0.0342. The predicted octanol–water partition coefficient (Wildman–Crippen LogP) is 15.5. The van der Waals surface area contributed by atoms with Gasteiger partial charge in [-0.2, -0.15) is 25.3 Å². The molecule has 0 aliphatic carbocycles. The molecule has 29 nitrogen and oxygen atoms in total. The number of hydrogen-bond acceptors (Lipinski definition) is 29. The standard InChI is InChI=1S/C42H44O9S.C34H42O11S.C29H32O9S/c43-52(44)50-32-39(47-28-35-20-10-3-11-21-35)41(51-52)42(49-30-37-24-14-5-15-25-37)40(48-29-36-22-12-4-13-23-36)38(46-27-34-18-8-2-9-19-34)31-45-26-33-16-6-1-7-17-33;1-33(37-3)34(2,38-4)44-29(23-42-33)30(40-21-26-16-10-6-11-17-26)32(41-22-27-18-12-7-13-19-27)31-28(24-43-46(35,36)45-31)39-20-25-14-8-5-9-15-25;30-39(31)37-20-26-28(38-39)29(34-18-24-14-8-3-9-15-24)27(36-21-35-26)25(33-17-23-12-6-2-7-13-23)19-32-16-22-10-4-1-5-11-22/h1-25,38-42H,26-32H2;5-19,28-32H,20-24H2,1-4H3;1-15,25-29H,16-21H2/t38-,39+,40+,41+,42+;28-,29+,30-,31-,32-,33?,34?;25-,26+,27+,28+,29+/m010/s1. The van der Waals surface area contributed by atoms with Crippen LogP contribution < -0.4 is 0 Å². The lowest BCUT2D eigenvalue weighted by atomic mass is 9.96. The lowest BCUT2D eigenvalue weighted by Gasteiger charge is -2.51. The molecule has 32 heteroatoms. The Morgan fingerprint density at radius 2 is 0.635 bits per heavy atom. The first kappa shape index (κ1) is 103. The monoisotopic (exact) mass is 1940 g/mol. The molecule has 0 spiro atoms. The number of benzene rings is 11. The number of hydrogen-bond donors (Lipinski definition) is 0. The highest BCUT2D eigenvalue weighted by Gasteiger charge is 2.58. The smallest absolute Gasteiger partial charge is 0.374 e. The maximum absolute atomic E-state index is 13.0. The van der Waals surface area contributed by atoms with Crippen molar-refractivity contribution in [3.05, 3.63) is 395 Å². The minimum Gasteiger partial charge on any atom is -0.374 e. The second kappa shape index (κ2) is 52.6. The van der Waals surface area contributed by atoms with Gasteiger partial charge in [0.1, 0.15) is 98.4 Å². The first-order chi connectivity index (χ1) is 66.7. The van der Waals surface area contributed by atoms with E-state index in [0.29, 0.717) is 19.8 Å². The third kappa shape index (κ3) is 31.7. The Balaban J connectivity index is 0.000000166. The minimum atomic E-state index is -4.40. The molecule has 730 valence electrons. The second-order valence-electron chi connectivity index (χ2n) is 33.1. The number of fused-ring (bicyclic) bond motifs is 1. The molecule has 0 N–H and O–H groups in total. The van der Waals surface area contributed by atoms with E-state index in [1.54, 1.807) is 13.8 Å². The van der Waals surface area contributed by atoms with Crippen molar-refractivity contribution < 1.29 is 131 Å². The molecule has 5 aliphatic heterocycles.